The summed E-state index contributed by atoms with van der Waals surface area (Å²) >= 11 is 6.07. The number of nitrogens with zero attached hydrogens (tertiary/aromatic N) is 2. The highest BCUT2D eigenvalue weighted by Crippen LogP contribution is 2.39. The zero-order chi connectivity index (χ0) is 19.0. The lowest BCUT2D eigenvalue weighted by molar-refractivity contribution is -0.138. The Morgan fingerprint density at radius 2 is 2.04 bits per heavy atom. The Bertz CT molecular complexity index is 1070. The van der Waals surface area contributed by atoms with Crippen molar-refractivity contribution >= 4 is 34.6 Å². The van der Waals surface area contributed by atoms with Gasteiger partial charge in [-0.3, -0.25) is 4.57 Å². The minimum atomic E-state index is -0.386. The van der Waals surface area contributed by atoms with Crippen LogP contribution in [0.25, 0.3) is 11.0 Å². The van der Waals surface area contributed by atoms with E-state index in [2.05, 4.69) is 16.9 Å². The molecule has 5 nitrogen and oxygen atoms in total. The summed E-state index contributed by atoms with van der Waals surface area (Å²) in [6.07, 6.45) is 1.55. The molecule has 0 radical (unpaired) electrons. The van der Waals surface area contributed by atoms with Gasteiger partial charge in [-0.2, -0.15) is 0 Å². The van der Waals surface area contributed by atoms with E-state index in [9.17, 15) is 4.79 Å². The molecule has 0 unspecified atom stereocenters. The molecule has 3 aromatic rings. The van der Waals surface area contributed by atoms with E-state index in [1.165, 1.54) is 0 Å². The molecule has 1 atom stereocenters. The number of rotatable bonds is 4. The van der Waals surface area contributed by atoms with Gasteiger partial charge in [-0.25, -0.2) is 9.78 Å². The largest absolute Gasteiger partial charge is 0.458 e. The van der Waals surface area contributed by atoms with Gasteiger partial charge in [0.1, 0.15) is 6.61 Å². The molecule has 27 heavy (non-hydrogen) atoms. The highest BCUT2D eigenvalue weighted by Gasteiger charge is 2.34. The first-order valence-corrected chi connectivity index (χ1v) is 8.96. The summed E-state index contributed by atoms with van der Waals surface area (Å²) in [7, 11) is 0. The van der Waals surface area contributed by atoms with E-state index in [0.29, 0.717) is 22.2 Å². The molecular weight excluding hydrogens is 362 g/mol. The van der Waals surface area contributed by atoms with Crippen molar-refractivity contribution in [1.29, 1.82) is 0 Å². The maximum Gasteiger partial charge on any atom is 0.338 e. The summed E-state index contributed by atoms with van der Waals surface area (Å²) < 4.78 is 7.39. The predicted molar refractivity (Wildman–Crippen MR) is 107 cm³/mol. The number of hydrogen-bond acceptors (Lipinski definition) is 4. The number of para-hydroxylation sites is 2. The van der Waals surface area contributed by atoms with Crippen LogP contribution >= 0.6 is 11.6 Å². The maximum atomic E-state index is 12.9. The highest BCUT2D eigenvalue weighted by atomic mass is 35.5. The molecule has 0 spiro atoms. The fraction of sp³-hybridized carbons (Fsp3) is 0.143. The quantitative estimate of drug-likeness (QED) is 0.527. The third kappa shape index (κ3) is 3.00. The minimum absolute atomic E-state index is 0.153. The van der Waals surface area contributed by atoms with Gasteiger partial charge in [0.25, 0.3) is 0 Å². The summed E-state index contributed by atoms with van der Waals surface area (Å²) in [5.41, 5.74) is 3.96. The number of esters is 1. The Balaban J connectivity index is 1.93. The molecule has 0 saturated carbocycles. The zero-order valence-corrected chi connectivity index (χ0v) is 15.5. The van der Waals surface area contributed by atoms with E-state index in [4.69, 9.17) is 16.3 Å². The molecule has 2 aromatic carbocycles. The molecule has 1 N–H and O–H groups in total. The van der Waals surface area contributed by atoms with Crippen LogP contribution < -0.4 is 5.32 Å². The van der Waals surface area contributed by atoms with Crippen LogP contribution in [0.15, 0.2) is 72.5 Å². The van der Waals surface area contributed by atoms with Crippen LogP contribution in [0, 0.1) is 0 Å². The third-order valence-corrected chi connectivity index (χ3v) is 4.82. The smallest absolute Gasteiger partial charge is 0.338 e. The average molecular weight is 380 g/mol. The van der Waals surface area contributed by atoms with Crippen LogP contribution in [0.4, 0.5) is 5.95 Å². The van der Waals surface area contributed by atoms with Crippen molar-refractivity contribution in [3.05, 3.63) is 83.0 Å². The van der Waals surface area contributed by atoms with Crippen LogP contribution in [-0.2, 0) is 9.53 Å². The van der Waals surface area contributed by atoms with E-state index in [1.54, 1.807) is 6.08 Å². The first-order valence-electron chi connectivity index (χ1n) is 8.58. The third-order valence-electron chi connectivity index (χ3n) is 4.57. The van der Waals surface area contributed by atoms with Crippen molar-refractivity contribution in [2.45, 2.75) is 13.0 Å². The van der Waals surface area contributed by atoms with Gasteiger partial charge in [0.2, 0.25) is 5.95 Å². The molecule has 0 fully saturated rings. The molecule has 0 saturated heterocycles. The summed E-state index contributed by atoms with van der Waals surface area (Å²) in [5.74, 6) is 0.303. The number of aromatic nitrogens is 2. The molecule has 2 heterocycles. The summed E-state index contributed by atoms with van der Waals surface area (Å²) in [5, 5.41) is 3.89. The lowest BCUT2D eigenvalue weighted by Gasteiger charge is -2.30. The van der Waals surface area contributed by atoms with Crippen LogP contribution in [0.2, 0.25) is 5.02 Å². The number of hydrogen-bond donors (Lipinski definition) is 1. The van der Waals surface area contributed by atoms with Gasteiger partial charge in [-0.05, 0) is 36.8 Å². The number of ether oxygens (including phenoxy) is 1. The number of halogens is 1. The summed E-state index contributed by atoms with van der Waals surface area (Å²) in [6.45, 7) is 5.62. The minimum Gasteiger partial charge on any atom is -0.458 e. The molecule has 0 amide bonds. The monoisotopic (exact) mass is 379 g/mol. The van der Waals surface area contributed by atoms with Crippen LogP contribution in [0.5, 0.6) is 0 Å². The molecule has 1 aliphatic heterocycles. The van der Waals surface area contributed by atoms with Crippen LogP contribution in [0.3, 0.4) is 0 Å². The van der Waals surface area contributed by atoms with Gasteiger partial charge < -0.3 is 10.1 Å². The van der Waals surface area contributed by atoms with Crippen molar-refractivity contribution in [2.75, 3.05) is 11.9 Å². The molecule has 0 aliphatic carbocycles. The number of carbonyl (C=O) groups is 1. The average Bonchev–Trinajstić information content (AvgIpc) is 3.03. The number of carbonyl (C=O) groups excluding carboxylic acids is 1. The van der Waals surface area contributed by atoms with Gasteiger partial charge in [-0.15, -0.1) is 0 Å². The normalized spacial score (nSPS) is 16.0. The Kier molecular flexibility index (Phi) is 4.46. The lowest BCUT2D eigenvalue weighted by Crippen LogP contribution is -2.29. The lowest BCUT2D eigenvalue weighted by atomic mass is 9.95. The fourth-order valence-electron chi connectivity index (χ4n) is 3.40. The molecule has 4 rings (SSSR count). The standard InChI is InChI=1S/C21H18ClN3O2/c1-3-12-27-20(26)18-13(2)23-21-24-16-6-4-5-7-17(16)25(21)19(18)14-8-10-15(22)11-9-14/h3-11,19H,1,12H2,2H3,(H,23,24)/t19-/m0/s1. The van der Waals surface area contributed by atoms with E-state index >= 15 is 0 Å². The zero-order valence-electron chi connectivity index (χ0n) is 14.8. The van der Waals surface area contributed by atoms with Crippen LogP contribution in [-0.4, -0.2) is 22.1 Å². The Morgan fingerprint density at radius 1 is 1.30 bits per heavy atom. The van der Waals surface area contributed by atoms with E-state index in [-0.39, 0.29) is 18.6 Å². The van der Waals surface area contributed by atoms with E-state index in [0.717, 1.165) is 16.6 Å². The Hall–Kier alpha value is -3.05. The second kappa shape index (κ2) is 6.93. The van der Waals surface area contributed by atoms with Gasteiger partial charge >= 0.3 is 5.97 Å². The summed E-state index contributed by atoms with van der Waals surface area (Å²) in [6, 6.07) is 14.9. The van der Waals surface area contributed by atoms with Crippen molar-refractivity contribution in [1.82, 2.24) is 9.55 Å². The molecule has 6 heteroatoms. The SMILES string of the molecule is C=CCOC(=O)C1=C(C)Nc2nc3ccccc3n2[C@H]1c1ccc(Cl)cc1. The van der Waals surface area contributed by atoms with Gasteiger partial charge in [0.05, 0.1) is 22.6 Å². The number of imidazole rings is 1. The van der Waals surface area contributed by atoms with Crippen molar-refractivity contribution in [2.24, 2.45) is 0 Å². The number of nitrogens with one attached hydrogen (secondary N) is 1. The molecule has 0 bridgehead atoms. The molecule has 1 aliphatic rings. The van der Waals surface area contributed by atoms with Crippen molar-refractivity contribution in [3.8, 4) is 0 Å². The number of allylic oxidation sites excluding steroid dienone is 1. The predicted octanol–water partition coefficient (Wildman–Crippen LogP) is 4.71. The maximum absolute atomic E-state index is 12.9. The second-order valence-electron chi connectivity index (χ2n) is 6.30. The van der Waals surface area contributed by atoms with Crippen molar-refractivity contribution in [3.63, 3.8) is 0 Å². The fourth-order valence-corrected chi connectivity index (χ4v) is 3.53. The first kappa shape index (κ1) is 17.4. The Morgan fingerprint density at radius 3 is 2.78 bits per heavy atom. The van der Waals surface area contributed by atoms with Crippen LogP contribution in [0.1, 0.15) is 18.5 Å². The highest BCUT2D eigenvalue weighted by molar-refractivity contribution is 6.30. The second-order valence-corrected chi connectivity index (χ2v) is 6.74. The van der Waals surface area contributed by atoms with Gasteiger partial charge in [-0.1, -0.05) is 48.5 Å². The van der Waals surface area contributed by atoms with Gasteiger partial charge in [0, 0.05) is 10.7 Å². The van der Waals surface area contributed by atoms with Gasteiger partial charge in [0.15, 0.2) is 0 Å². The molecule has 1 aromatic heterocycles. The molecular formula is C21H18ClN3O2. The Labute approximate surface area is 161 Å². The first-order chi connectivity index (χ1) is 13.1. The molecule has 136 valence electrons. The topological polar surface area (TPSA) is 56.1 Å². The van der Waals surface area contributed by atoms with Crippen molar-refractivity contribution < 1.29 is 9.53 Å². The number of anilines is 1. The number of fused-ring (bicyclic) bond motifs is 3. The summed E-state index contributed by atoms with van der Waals surface area (Å²) in [4.78, 5) is 17.5. The van der Waals surface area contributed by atoms with E-state index < -0.39 is 0 Å². The number of benzene rings is 2. The van der Waals surface area contributed by atoms with E-state index in [1.807, 2.05) is 60.0 Å².